The first-order valence-electron chi connectivity index (χ1n) is 10.5. The molecular weight excluding hydrogens is 516 g/mol. The molecule has 0 amide bonds. The Morgan fingerprint density at radius 2 is 1.74 bits per heavy atom. The molecule has 192 valence electrons. The average molecular weight is 545 g/mol. The van der Waals surface area contributed by atoms with Crippen molar-refractivity contribution in [2.24, 2.45) is 0 Å². The van der Waals surface area contributed by atoms with Crippen LogP contribution in [0.25, 0.3) is 11.1 Å². The predicted molar refractivity (Wildman–Crippen MR) is 132 cm³/mol. The van der Waals surface area contributed by atoms with Gasteiger partial charge in [0.15, 0.2) is 5.82 Å². The second kappa shape index (κ2) is 11.2. The van der Waals surface area contributed by atoms with Crippen molar-refractivity contribution >= 4 is 37.3 Å². The number of sulfonamides is 1. The minimum atomic E-state index is -4.09. The number of anilines is 1. The van der Waals surface area contributed by atoms with Gasteiger partial charge in [-0.15, -0.1) is 11.3 Å². The summed E-state index contributed by atoms with van der Waals surface area (Å²) < 4.78 is 72.1. The Bertz CT molecular complexity index is 1360. The number of methoxy groups -OCH3 is 1. The van der Waals surface area contributed by atoms with Gasteiger partial charge < -0.3 is 14.0 Å². The Morgan fingerprint density at radius 1 is 1.06 bits per heavy atom. The Labute approximate surface area is 209 Å². The fraction of sp³-hybridized carbons (Fsp3) is 0.409. The highest BCUT2D eigenvalue weighted by atomic mass is 32.2. The van der Waals surface area contributed by atoms with E-state index in [-0.39, 0.29) is 30.0 Å². The first-order chi connectivity index (χ1) is 16.4. The lowest BCUT2D eigenvalue weighted by molar-refractivity contribution is 0.0753. The molecule has 1 aromatic carbocycles. The van der Waals surface area contributed by atoms with Gasteiger partial charge in [-0.25, -0.2) is 12.7 Å². The van der Waals surface area contributed by atoms with Crippen LogP contribution in [-0.2, 0) is 40.4 Å². The normalized spacial score (nSPS) is 12.3. The van der Waals surface area contributed by atoms with Gasteiger partial charge in [0, 0.05) is 23.1 Å². The third kappa shape index (κ3) is 6.68. The maximum Gasteiger partial charge on any atom is 0.277 e. The number of hydrogen-bond donors (Lipinski definition) is 0. The number of rotatable bonds is 12. The molecule has 0 aliphatic carbocycles. The highest BCUT2D eigenvalue weighted by Gasteiger charge is 2.33. The van der Waals surface area contributed by atoms with Crippen LogP contribution in [0.15, 0.2) is 39.1 Å². The number of ether oxygens (including phenoxy) is 2. The molecule has 0 saturated heterocycles. The van der Waals surface area contributed by atoms with Crippen molar-refractivity contribution < 1.29 is 35.0 Å². The SMILES string of the molecule is COCCOCN(c1noc(C)c1C)S(=O)(=O)c1sc(C)cc1-c1ccc(COS(C)(=O)=O)cc1. The van der Waals surface area contributed by atoms with Gasteiger partial charge in [-0.05, 0) is 38.0 Å². The molecule has 0 atom stereocenters. The van der Waals surface area contributed by atoms with E-state index in [0.717, 1.165) is 26.8 Å². The Balaban J connectivity index is 1.98. The van der Waals surface area contributed by atoms with Crippen molar-refractivity contribution in [2.75, 3.05) is 37.6 Å². The van der Waals surface area contributed by atoms with Crippen LogP contribution in [0.2, 0.25) is 0 Å². The predicted octanol–water partition coefficient (Wildman–Crippen LogP) is 3.62. The fourth-order valence-electron chi connectivity index (χ4n) is 3.11. The van der Waals surface area contributed by atoms with E-state index < -0.39 is 20.1 Å². The number of aromatic nitrogens is 1. The van der Waals surface area contributed by atoms with Gasteiger partial charge in [0.05, 0.1) is 26.1 Å². The number of thiophene rings is 1. The third-order valence-electron chi connectivity index (χ3n) is 5.06. The van der Waals surface area contributed by atoms with Gasteiger partial charge in [0.1, 0.15) is 16.7 Å². The Hall–Kier alpha value is -2.29. The van der Waals surface area contributed by atoms with Crippen molar-refractivity contribution in [1.82, 2.24) is 5.16 Å². The van der Waals surface area contributed by atoms with Gasteiger partial charge in [-0.2, -0.15) is 8.42 Å². The fourth-order valence-corrected chi connectivity index (χ4v) is 6.57. The summed E-state index contributed by atoms with van der Waals surface area (Å²) in [6.45, 7) is 5.40. The van der Waals surface area contributed by atoms with E-state index in [9.17, 15) is 16.8 Å². The van der Waals surface area contributed by atoms with Crippen LogP contribution >= 0.6 is 11.3 Å². The summed E-state index contributed by atoms with van der Waals surface area (Å²) in [5, 5.41) is 3.97. The molecule has 0 spiro atoms. The van der Waals surface area contributed by atoms with Crippen LogP contribution < -0.4 is 4.31 Å². The molecule has 0 saturated carbocycles. The molecule has 0 radical (unpaired) electrons. The van der Waals surface area contributed by atoms with Crippen molar-refractivity contribution in [3.05, 3.63) is 52.1 Å². The zero-order valence-electron chi connectivity index (χ0n) is 20.1. The quantitative estimate of drug-likeness (QED) is 0.191. The van der Waals surface area contributed by atoms with E-state index >= 15 is 0 Å². The second-order valence-corrected chi connectivity index (χ2v) is 12.8. The number of hydrogen-bond acceptors (Lipinski definition) is 10. The molecule has 3 aromatic rings. The summed E-state index contributed by atoms with van der Waals surface area (Å²) in [5.41, 5.74) is 2.40. The van der Waals surface area contributed by atoms with Gasteiger partial charge in [0.25, 0.3) is 20.1 Å². The summed E-state index contributed by atoms with van der Waals surface area (Å²) in [4.78, 5) is 0.802. The molecule has 3 rings (SSSR count). The largest absolute Gasteiger partial charge is 0.382 e. The van der Waals surface area contributed by atoms with E-state index in [2.05, 4.69) is 5.16 Å². The Kier molecular flexibility index (Phi) is 8.72. The lowest BCUT2D eigenvalue weighted by Crippen LogP contribution is -2.34. The van der Waals surface area contributed by atoms with Crippen LogP contribution in [0.1, 0.15) is 21.8 Å². The molecule has 0 aliphatic heterocycles. The first-order valence-corrected chi connectivity index (χ1v) is 14.6. The molecule has 0 bridgehead atoms. The monoisotopic (exact) mass is 544 g/mol. The average Bonchev–Trinajstić information content (AvgIpc) is 3.35. The molecule has 2 aromatic heterocycles. The lowest BCUT2D eigenvalue weighted by Gasteiger charge is -2.22. The summed E-state index contributed by atoms with van der Waals surface area (Å²) in [6.07, 6.45) is 0.982. The standard InChI is InChI=1S/C22H28N2O8S3/c1-15-12-20(19-8-6-18(7-9-19)13-31-34(5,25)26)22(33-15)35(27,28)24(14-30-11-10-29-4)21-16(2)17(3)32-23-21/h6-9,12H,10-11,13-14H2,1-5H3. The highest BCUT2D eigenvalue weighted by molar-refractivity contribution is 7.95. The number of aryl methyl sites for hydroxylation is 2. The van der Waals surface area contributed by atoms with E-state index in [1.807, 2.05) is 6.92 Å². The summed E-state index contributed by atoms with van der Waals surface area (Å²) in [6, 6.07) is 8.64. The smallest absolute Gasteiger partial charge is 0.277 e. The maximum atomic E-state index is 13.9. The summed E-state index contributed by atoms with van der Waals surface area (Å²) in [5.74, 6) is 0.664. The number of nitrogens with zero attached hydrogens (tertiary/aromatic N) is 2. The molecule has 0 N–H and O–H groups in total. The van der Waals surface area contributed by atoms with Gasteiger partial charge in [-0.3, -0.25) is 4.18 Å². The van der Waals surface area contributed by atoms with Crippen molar-refractivity contribution in [2.45, 2.75) is 31.6 Å². The highest BCUT2D eigenvalue weighted by Crippen LogP contribution is 2.38. The zero-order chi connectivity index (χ0) is 25.8. The topological polar surface area (TPSA) is 125 Å². The molecule has 0 fully saturated rings. The van der Waals surface area contributed by atoms with Gasteiger partial charge in [0.2, 0.25) is 0 Å². The van der Waals surface area contributed by atoms with Crippen molar-refractivity contribution in [3.8, 4) is 11.1 Å². The molecule has 13 heteroatoms. The third-order valence-corrected chi connectivity index (χ3v) is 8.88. The van der Waals surface area contributed by atoms with Crippen LogP contribution in [-0.4, -0.2) is 55.3 Å². The van der Waals surface area contributed by atoms with Gasteiger partial charge >= 0.3 is 0 Å². The van der Waals surface area contributed by atoms with Crippen molar-refractivity contribution in [3.63, 3.8) is 0 Å². The van der Waals surface area contributed by atoms with Crippen LogP contribution in [0.5, 0.6) is 0 Å². The lowest BCUT2D eigenvalue weighted by atomic mass is 10.1. The second-order valence-electron chi connectivity index (χ2n) is 7.79. The minimum absolute atomic E-state index is 0.107. The molecule has 0 unspecified atom stereocenters. The molecule has 35 heavy (non-hydrogen) atoms. The molecule has 0 aliphatic rings. The summed E-state index contributed by atoms with van der Waals surface area (Å²) >= 11 is 1.14. The first kappa shape index (κ1) is 27.3. The summed E-state index contributed by atoms with van der Waals surface area (Å²) in [7, 11) is -6.13. The minimum Gasteiger partial charge on any atom is -0.382 e. The van der Waals surface area contributed by atoms with E-state index in [1.165, 1.54) is 7.11 Å². The molecule has 2 heterocycles. The zero-order valence-corrected chi connectivity index (χ0v) is 22.5. The Morgan fingerprint density at radius 3 is 2.31 bits per heavy atom. The molecule has 10 nitrogen and oxygen atoms in total. The maximum absolute atomic E-state index is 13.9. The van der Waals surface area contributed by atoms with Gasteiger partial charge in [-0.1, -0.05) is 29.4 Å². The van der Waals surface area contributed by atoms with Crippen LogP contribution in [0.3, 0.4) is 0 Å². The van der Waals surface area contributed by atoms with E-state index in [4.69, 9.17) is 18.2 Å². The van der Waals surface area contributed by atoms with Crippen molar-refractivity contribution in [1.29, 1.82) is 0 Å². The van der Waals surface area contributed by atoms with Crippen LogP contribution in [0.4, 0.5) is 5.82 Å². The molecular formula is C22H28N2O8S3. The van der Waals surface area contributed by atoms with E-state index in [0.29, 0.717) is 34.6 Å². The van der Waals surface area contributed by atoms with E-state index in [1.54, 1.807) is 44.2 Å². The van der Waals surface area contributed by atoms with Crippen LogP contribution in [0, 0.1) is 20.8 Å². The number of benzene rings is 1.